The summed E-state index contributed by atoms with van der Waals surface area (Å²) < 4.78 is 13.1. The van der Waals surface area contributed by atoms with E-state index in [0.717, 1.165) is 34.1 Å². The van der Waals surface area contributed by atoms with Crippen LogP contribution in [0.3, 0.4) is 0 Å². The number of nitrogens with zero attached hydrogens (tertiary/aromatic N) is 2. The average Bonchev–Trinajstić information content (AvgIpc) is 3.22. The predicted molar refractivity (Wildman–Crippen MR) is 117 cm³/mol. The van der Waals surface area contributed by atoms with Crippen LogP contribution in [0.4, 0.5) is 0 Å². The monoisotopic (exact) mass is 422 g/mol. The van der Waals surface area contributed by atoms with Crippen LogP contribution >= 0.6 is 11.3 Å². The third-order valence-corrected chi connectivity index (χ3v) is 5.57. The van der Waals surface area contributed by atoms with E-state index in [0.29, 0.717) is 18.9 Å². The second kappa shape index (κ2) is 9.11. The highest BCUT2D eigenvalue weighted by molar-refractivity contribution is 7.15. The van der Waals surface area contributed by atoms with Crippen LogP contribution in [-0.2, 0) is 19.7 Å². The Morgan fingerprint density at radius 1 is 1.03 bits per heavy atom. The summed E-state index contributed by atoms with van der Waals surface area (Å²) in [5, 5.41) is 1.87. The van der Waals surface area contributed by atoms with E-state index in [1.807, 2.05) is 47.8 Å². The summed E-state index contributed by atoms with van der Waals surface area (Å²) in [6, 6.07) is 17.7. The van der Waals surface area contributed by atoms with Gasteiger partial charge in [-0.05, 0) is 23.8 Å². The van der Waals surface area contributed by atoms with Crippen molar-refractivity contribution in [3.8, 4) is 11.5 Å². The molecular weight excluding hydrogens is 398 g/mol. The van der Waals surface area contributed by atoms with Gasteiger partial charge in [0.1, 0.15) is 25.4 Å². The lowest BCUT2D eigenvalue weighted by molar-refractivity contribution is -0.908. The van der Waals surface area contributed by atoms with Crippen molar-refractivity contribution in [2.24, 2.45) is 0 Å². The number of benzene rings is 2. The normalized spacial score (nSPS) is 12.1. The number of fused-ring (bicyclic) bond motifs is 1. The Labute approximate surface area is 179 Å². The highest BCUT2D eigenvalue weighted by Gasteiger charge is 2.12. The van der Waals surface area contributed by atoms with Crippen LogP contribution in [0.1, 0.15) is 16.8 Å². The smallest absolute Gasteiger partial charge is 0.258 e. The molecule has 4 rings (SSSR count). The lowest BCUT2D eigenvalue weighted by atomic mass is 10.2. The molecule has 0 amide bonds. The van der Waals surface area contributed by atoms with Gasteiger partial charge in [0, 0.05) is 23.2 Å². The summed E-state index contributed by atoms with van der Waals surface area (Å²) in [7, 11) is 3.74. The molecule has 1 unspecified atom stereocenters. The van der Waals surface area contributed by atoms with E-state index >= 15 is 0 Å². The zero-order valence-electron chi connectivity index (χ0n) is 17.0. The fraction of sp³-hybridized carbons (Fsp3) is 0.217. The summed E-state index contributed by atoms with van der Waals surface area (Å²) in [6.07, 6.45) is 1.75. The number of methoxy groups -OCH3 is 1. The zero-order chi connectivity index (χ0) is 20.9. The molecule has 0 aliphatic carbocycles. The standard InChI is InChI=1S/C23H23N3O3S/c1-25(15-19-13-22(27)26-10-11-30-23(26)24-19)14-18-8-9-20(21(12-18)28-2)29-16-17-6-4-3-5-7-17/h3-13H,14-16H2,1-2H3/p+1. The molecule has 0 radical (unpaired) electrons. The van der Waals surface area contributed by atoms with E-state index in [1.54, 1.807) is 23.8 Å². The summed E-state index contributed by atoms with van der Waals surface area (Å²) >= 11 is 1.47. The Balaban J connectivity index is 1.42. The topological polar surface area (TPSA) is 57.3 Å². The molecule has 0 aliphatic heterocycles. The van der Waals surface area contributed by atoms with Crippen LogP contribution in [0.2, 0.25) is 0 Å². The first kappa shape index (κ1) is 20.1. The van der Waals surface area contributed by atoms with Crippen molar-refractivity contribution in [2.75, 3.05) is 14.2 Å². The minimum atomic E-state index is -0.0364. The second-order valence-electron chi connectivity index (χ2n) is 7.21. The molecule has 2 heterocycles. The van der Waals surface area contributed by atoms with Gasteiger partial charge in [-0.3, -0.25) is 9.20 Å². The minimum absolute atomic E-state index is 0.0364. The molecule has 2 aromatic heterocycles. The van der Waals surface area contributed by atoms with Crippen molar-refractivity contribution in [2.45, 2.75) is 19.7 Å². The van der Waals surface area contributed by atoms with Crippen molar-refractivity contribution < 1.29 is 14.4 Å². The maximum Gasteiger partial charge on any atom is 0.258 e. The third-order valence-electron chi connectivity index (χ3n) is 4.81. The SMILES string of the molecule is COc1cc(C[NH+](C)Cc2cc(=O)n3ccsc3n2)ccc1OCc1ccccc1. The first-order valence-electron chi connectivity index (χ1n) is 9.73. The van der Waals surface area contributed by atoms with Crippen LogP contribution in [-0.4, -0.2) is 23.5 Å². The van der Waals surface area contributed by atoms with Gasteiger partial charge in [0.25, 0.3) is 5.56 Å². The average molecular weight is 423 g/mol. The molecule has 0 saturated heterocycles. The quantitative estimate of drug-likeness (QED) is 0.474. The molecule has 1 atom stereocenters. The van der Waals surface area contributed by atoms with Crippen molar-refractivity contribution in [3.63, 3.8) is 0 Å². The molecule has 0 fully saturated rings. The second-order valence-corrected chi connectivity index (χ2v) is 8.08. The van der Waals surface area contributed by atoms with Gasteiger partial charge in [-0.1, -0.05) is 30.3 Å². The number of ether oxygens (including phenoxy) is 2. The van der Waals surface area contributed by atoms with Gasteiger partial charge in [-0.15, -0.1) is 11.3 Å². The van der Waals surface area contributed by atoms with E-state index in [1.165, 1.54) is 16.2 Å². The lowest BCUT2D eigenvalue weighted by Gasteiger charge is -2.16. The fourth-order valence-corrected chi connectivity index (χ4v) is 4.11. The van der Waals surface area contributed by atoms with E-state index < -0.39 is 0 Å². The molecule has 0 bridgehead atoms. The van der Waals surface area contributed by atoms with E-state index in [9.17, 15) is 4.79 Å². The molecule has 4 aromatic rings. The Hall–Kier alpha value is -3.16. The Morgan fingerprint density at radius 3 is 2.67 bits per heavy atom. The molecule has 154 valence electrons. The Bertz CT molecular complexity index is 1190. The molecule has 7 heteroatoms. The number of nitrogens with one attached hydrogen (secondary N) is 1. The van der Waals surface area contributed by atoms with Crippen molar-refractivity contribution >= 4 is 16.3 Å². The third kappa shape index (κ3) is 4.69. The van der Waals surface area contributed by atoms with E-state index in [-0.39, 0.29) is 5.56 Å². The van der Waals surface area contributed by atoms with Crippen molar-refractivity contribution in [3.05, 3.63) is 93.3 Å². The maximum atomic E-state index is 12.2. The summed E-state index contributed by atoms with van der Waals surface area (Å²) in [4.78, 5) is 18.7. The first-order valence-corrected chi connectivity index (χ1v) is 10.6. The number of hydrogen-bond donors (Lipinski definition) is 1. The highest BCUT2D eigenvalue weighted by Crippen LogP contribution is 2.28. The lowest BCUT2D eigenvalue weighted by Crippen LogP contribution is -3.06. The molecule has 0 spiro atoms. The van der Waals surface area contributed by atoms with Gasteiger partial charge in [0.05, 0.1) is 14.2 Å². The van der Waals surface area contributed by atoms with Gasteiger partial charge >= 0.3 is 0 Å². The minimum Gasteiger partial charge on any atom is -0.493 e. The molecule has 6 nitrogen and oxygen atoms in total. The summed E-state index contributed by atoms with van der Waals surface area (Å²) in [5.74, 6) is 1.44. The largest absolute Gasteiger partial charge is 0.493 e. The molecule has 0 aliphatic rings. The van der Waals surface area contributed by atoms with Gasteiger partial charge < -0.3 is 14.4 Å². The van der Waals surface area contributed by atoms with Crippen molar-refractivity contribution in [1.29, 1.82) is 0 Å². The highest BCUT2D eigenvalue weighted by atomic mass is 32.1. The molecule has 1 N–H and O–H groups in total. The van der Waals surface area contributed by atoms with Crippen molar-refractivity contribution in [1.82, 2.24) is 9.38 Å². The number of thiazole rings is 1. The maximum absolute atomic E-state index is 12.2. The zero-order valence-corrected chi connectivity index (χ0v) is 17.8. The Morgan fingerprint density at radius 2 is 1.87 bits per heavy atom. The van der Waals surface area contributed by atoms with Gasteiger partial charge in [0.15, 0.2) is 16.5 Å². The number of quaternary nitrogens is 1. The van der Waals surface area contributed by atoms with Crippen LogP contribution in [0.25, 0.3) is 4.96 Å². The number of aromatic nitrogens is 2. The summed E-state index contributed by atoms with van der Waals surface area (Å²) in [6.45, 7) is 1.94. The molecule has 30 heavy (non-hydrogen) atoms. The van der Waals surface area contributed by atoms with E-state index in [2.05, 4.69) is 18.1 Å². The number of rotatable bonds is 8. The molecule has 0 saturated carbocycles. The van der Waals surface area contributed by atoms with Gasteiger partial charge in [0.2, 0.25) is 0 Å². The molecule has 2 aromatic carbocycles. The number of hydrogen-bond acceptors (Lipinski definition) is 5. The van der Waals surface area contributed by atoms with Crippen LogP contribution in [0, 0.1) is 0 Å². The van der Waals surface area contributed by atoms with Gasteiger partial charge in [-0.2, -0.15) is 0 Å². The van der Waals surface area contributed by atoms with Crippen LogP contribution in [0.5, 0.6) is 11.5 Å². The van der Waals surface area contributed by atoms with E-state index in [4.69, 9.17) is 9.47 Å². The van der Waals surface area contributed by atoms with Crippen LogP contribution in [0.15, 0.2) is 71.0 Å². The first-order chi connectivity index (χ1) is 14.6. The summed E-state index contributed by atoms with van der Waals surface area (Å²) in [5.41, 5.74) is 3.00. The van der Waals surface area contributed by atoms with Crippen LogP contribution < -0.4 is 19.9 Å². The van der Waals surface area contributed by atoms with Gasteiger partial charge in [-0.25, -0.2) is 4.98 Å². The Kier molecular flexibility index (Phi) is 6.11. The molecular formula is C23H24N3O3S+. The fourth-order valence-electron chi connectivity index (χ4n) is 3.38. The predicted octanol–water partition coefficient (Wildman–Crippen LogP) is 2.56.